The number of piperidine rings is 1. The van der Waals surface area contributed by atoms with Gasteiger partial charge in [-0.2, -0.15) is 4.83 Å². The second kappa shape index (κ2) is 5.80. The summed E-state index contributed by atoms with van der Waals surface area (Å²) in [5.41, 5.74) is 0. The molecule has 2 aliphatic heterocycles. The first kappa shape index (κ1) is 12.1. The fourth-order valence-electron chi connectivity index (χ4n) is 2.27. The lowest BCUT2D eigenvalue weighted by Crippen LogP contribution is -2.49. The summed E-state index contributed by atoms with van der Waals surface area (Å²) in [7, 11) is 0. The van der Waals surface area contributed by atoms with Gasteiger partial charge in [-0.3, -0.25) is 5.01 Å². The van der Waals surface area contributed by atoms with Crippen LogP contribution in [-0.2, 0) is 4.74 Å². The molecule has 92 valence electrons. The highest BCUT2D eigenvalue weighted by molar-refractivity contribution is 8.00. The average molecular weight is 243 g/mol. The SMILES string of the molecule is CCOC1=CSNN1C1CCCN(CC)C1. The minimum Gasteiger partial charge on any atom is -0.478 e. The van der Waals surface area contributed by atoms with E-state index < -0.39 is 0 Å². The van der Waals surface area contributed by atoms with Crippen LogP contribution in [0, 0.1) is 0 Å². The van der Waals surface area contributed by atoms with E-state index in [2.05, 4.69) is 21.7 Å². The van der Waals surface area contributed by atoms with Gasteiger partial charge in [0, 0.05) is 12.0 Å². The zero-order chi connectivity index (χ0) is 11.4. The third-order valence-corrected chi connectivity index (χ3v) is 3.76. The van der Waals surface area contributed by atoms with Crippen LogP contribution in [0.3, 0.4) is 0 Å². The molecule has 2 rings (SSSR count). The van der Waals surface area contributed by atoms with E-state index in [1.54, 1.807) is 11.9 Å². The first-order chi connectivity index (χ1) is 7.85. The molecule has 0 spiro atoms. The molecule has 1 unspecified atom stereocenters. The predicted molar refractivity (Wildman–Crippen MR) is 67.4 cm³/mol. The highest BCUT2D eigenvalue weighted by atomic mass is 32.2. The summed E-state index contributed by atoms with van der Waals surface area (Å²) in [6.45, 7) is 8.51. The van der Waals surface area contributed by atoms with E-state index in [-0.39, 0.29) is 0 Å². The summed E-state index contributed by atoms with van der Waals surface area (Å²) >= 11 is 1.60. The largest absolute Gasteiger partial charge is 0.478 e. The third kappa shape index (κ3) is 2.64. The van der Waals surface area contributed by atoms with Crippen LogP contribution in [0.1, 0.15) is 26.7 Å². The van der Waals surface area contributed by atoms with Crippen molar-refractivity contribution in [2.24, 2.45) is 0 Å². The molecular formula is C11H21N3OS. The highest BCUT2D eigenvalue weighted by Crippen LogP contribution is 2.25. The maximum absolute atomic E-state index is 5.62. The Morgan fingerprint density at radius 1 is 1.56 bits per heavy atom. The van der Waals surface area contributed by atoms with Gasteiger partial charge in [-0.15, -0.1) is 0 Å². The van der Waals surface area contributed by atoms with Crippen LogP contribution < -0.4 is 4.83 Å². The van der Waals surface area contributed by atoms with E-state index in [9.17, 15) is 0 Å². The standard InChI is InChI=1S/C11H21N3OS/c1-3-13-7-5-6-10(8-13)14-11(15-4-2)9-16-12-14/h9-10,12H,3-8H2,1-2H3. The van der Waals surface area contributed by atoms with Crippen LogP contribution in [0.4, 0.5) is 0 Å². The lowest BCUT2D eigenvalue weighted by atomic mass is 10.1. The lowest BCUT2D eigenvalue weighted by molar-refractivity contribution is 0.0473. The monoisotopic (exact) mass is 243 g/mol. The van der Waals surface area contributed by atoms with Crippen molar-refractivity contribution in [1.82, 2.24) is 14.7 Å². The van der Waals surface area contributed by atoms with Gasteiger partial charge in [-0.25, -0.2) is 0 Å². The molecule has 2 aliphatic rings. The third-order valence-electron chi connectivity index (χ3n) is 3.13. The molecule has 0 bridgehead atoms. The van der Waals surface area contributed by atoms with Gasteiger partial charge in [-0.05, 0) is 44.8 Å². The Morgan fingerprint density at radius 2 is 2.44 bits per heavy atom. The summed E-state index contributed by atoms with van der Waals surface area (Å²) in [6.07, 6.45) is 2.52. The van der Waals surface area contributed by atoms with Crippen molar-refractivity contribution in [2.45, 2.75) is 32.7 Å². The molecule has 0 aliphatic carbocycles. The Balaban J connectivity index is 1.93. The van der Waals surface area contributed by atoms with E-state index in [4.69, 9.17) is 4.74 Å². The number of hydrogen-bond donors (Lipinski definition) is 1. The van der Waals surface area contributed by atoms with Crippen molar-refractivity contribution in [1.29, 1.82) is 0 Å². The van der Waals surface area contributed by atoms with Crippen LogP contribution in [0.25, 0.3) is 0 Å². The fourth-order valence-corrected chi connectivity index (χ4v) is 2.96. The molecule has 1 N–H and O–H groups in total. The molecule has 2 heterocycles. The van der Waals surface area contributed by atoms with Crippen LogP contribution in [-0.4, -0.2) is 42.2 Å². The predicted octanol–water partition coefficient (Wildman–Crippen LogP) is 1.77. The Hall–Kier alpha value is -0.390. The van der Waals surface area contributed by atoms with Crippen LogP contribution in [0.15, 0.2) is 11.3 Å². The number of nitrogens with zero attached hydrogens (tertiary/aromatic N) is 2. The van der Waals surface area contributed by atoms with Gasteiger partial charge in [0.25, 0.3) is 0 Å². The van der Waals surface area contributed by atoms with Gasteiger partial charge in [0.15, 0.2) is 0 Å². The van der Waals surface area contributed by atoms with Gasteiger partial charge in [0.1, 0.15) is 0 Å². The normalized spacial score (nSPS) is 27.0. The number of rotatable bonds is 4. The van der Waals surface area contributed by atoms with Crippen LogP contribution in [0.5, 0.6) is 0 Å². The van der Waals surface area contributed by atoms with Crippen molar-refractivity contribution in [2.75, 3.05) is 26.2 Å². The molecule has 0 radical (unpaired) electrons. The maximum Gasteiger partial charge on any atom is 0.212 e. The van der Waals surface area contributed by atoms with Crippen molar-refractivity contribution in [3.8, 4) is 0 Å². The highest BCUT2D eigenvalue weighted by Gasteiger charge is 2.29. The molecule has 1 fully saturated rings. The molecule has 16 heavy (non-hydrogen) atoms. The van der Waals surface area contributed by atoms with Crippen LogP contribution in [0.2, 0.25) is 0 Å². The zero-order valence-electron chi connectivity index (χ0n) is 10.1. The van der Waals surface area contributed by atoms with Crippen molar-refractivity contribution in [3.63, 3.8) is 0 Å². The average Bonchev–Trinajstić information content (AvgIpc) is 2.78. The topological polar surface area (TPSA) is 27.7 Å². The minimum absolute atomic E-state index is 0.543. The van der Waals surface area contributed by atoms with E-state index in [0.29, 0.717) is 6.04 Å². The van der Waals surface area contributed by atoms with Gasteiger partial charge < -0.3 is 9.64 Å². The smallest absolute Gasteiger partial charge is 0.212 e. The van der Waals surface area contributed by atoms with Gasteiger partial charge >= 0.3 is 0 Å². The zero-order valence-corrected chi connectivity index (χ0v) is 10.9. The van der Waals surface area contributed by atoms with Crippen molar-refractivity contribution >= 4 is 11.9 Å². The number of hydrogen-bond acceptors (Lipinski definition) is 5. The maximum atomic E-state index is 5.62. The fraction of sp³-hybridized carbons (Fsp3) is 0.818. The second-order valence-electron chi connectivity index (χ2n) is 4.16. The quantitative estimate of drug-likeness (QED) is 0.760. The molecule has 0 aromatic rings. The molecule has 4 nitrogen and oxygen atoms in total. The Labute approximate surface area is 102 Å². The molecule has 5 heteroatoms. The molecule has 1 saturated heterocycles. The summed E-state index contributed by atoms with van der Waals surface area (Å²) in [5, 5.41) is 4.24. The van der Waals surface area contributed by atoms with Crippen molar-refractivity contribution < 1.29 is 4.74 Å². The number of ether oxygens (including phenoxy) is 1. The Morgan fingerprint density at radius 3 is 3.19 bits per heavy atom. The van der Waals surface area contributed by atoms with E-state index in [1.165, 1.54) is 19.4 Å². The molecule has 0 aromatic carbocycles. The van der Waals surface area contributed by atoms with E-state index >= 15 is 0 Å². The van der Waals surface area contributed by atoms with E-state index in [1.807, 2.05) is 12.3 Å². The summed E-state index contributed by atoms with van der Waals surface area (Å²) in [6, 6.07) is 0.543. The van der Waals surface area contributed by atoms with E-state index in [0.717, 1.165) is 25.6 Å². The summed E-state index contributed by atoms with van der Waals surface area (Å²) < 4.78 is 5.62. The second-order valence-corrected chi connectivity index (χ2v) is 4.81. The lowest BCUT2D eigenvalue weighted by Gasteiger charge is -2.37. The number of likely N-dealkylation sites (tertiary alicyclic amines) is 1. The Bertz CT molecular complexity index is 260. The molecule has 1 atom stereocenters. The van der Waals surface area contributed by atoms with Gasteiger partial charge in [0.2, 0.25) is 5.88 Å². The number of nitrogens with one attached hydrogen (secondary N) is 1. The summed E-state index contributed by atoms with van der Waals surface area (Å²) in [4.78, 5) is 5.81. The first-order valence-electron chi connectivity index (χ1n) is 6.11. The van der Waals surface area contributed by atoms with Gasteiger partial charge in [-0.1, -0.05) is 6.92 Å². The minimum atomic E-state index is 0.543. The number of likely N-dealkylation sites (N-methyl/N-ethyl adjacent to an activating group) is 1. The van der Waals surface area contributed by atoms with Crippen molar-refractivity contribution in [3.05, 3.63) is 11.3 Å². The molecular weight excluding hydrogens is 222 g/mol. The molecule has 0 amide bonds. The molecule has 0 aromatic heterocycles. The van der Waals surface area contributed by atoms with Gasteiger partial charge in [0.05, 0.1) is 12.6 Å². The number of hydrazine groups is 1. The first-order valence-corrected chi connectivity index (χ1v) is 6.99. The van der Waals surface area contributed by atoms with Crippen LogP contribution >= 0.6 is 11.9 Å². The molecule has 0 saturated carbocycles. The Kier molecular flexibility index (Phi) is 4.37. The summed E-state index contributed by atoms with van der Waals surface area (Å²) in [5.74, 6) is 0.982.